The van der Waals surface area contributed by atoms with E-state index in [1.165, 1.54) is 0 Å². The molecule has 2 aromatic carbocycles. The van der Waals surface area contributed by atoms with E-state index in [-0.39, 0.29) is 5.91 Å². The summed E-state index contributed by atoms with van der Waals surface area (Å²) in [4.78, 5) is 24.9. The van der Waals surface area contributed by atoms with Crippen molar-refractivity contribution in [1.82, 2.24) is 5.32 Å². The van der Waals surface area contributed by atoms with Gasteiger partial charge in [-0.2, -0.15) is 0 Å². The van der Waals surface area contributed by atoms with Crippen molar-refractivity contribution in [3.8, 4) is 0 Å². The lowest BCUT2D eigenvalue weighted by Crippen LogP contribution is -2.45. The van der Waals surface area contributed by atoms with Gasteiger partial charge in [0.1, 0.15) is 0 Å². The van der Waals surface area contributed by atoms with Crippen molar-refractivity contribution in [2.45, 2.75) is 31.1 Å². The third-order valence-electron chi connectivity index (χ3n) is 5.01. The zero-order valence-corrected chi connectivity index (χ0v) is 15.6. The number of hydrogen-bond acceptors (Lipinski definition) is 2. The molecule has 0 atom stereocenters. The summed E-state index contributed by atoms with van der Waals surface area (Å²) in [7, 11) is 0. The first-order chi connectivity index (χ1) is 13.3. The van der Waals surface area contributed by atoms with Crippen LogP contribution in [0.2, 0.25) is 5.02 Å². The highest BCUT2D eigenvalue weighted by Crippen LogP contribution is 2.41. The summed E-state index contributed by atoms with van der Waals surface area (Å²) in [5, 5.41) is 5.26. The molecule has 1 aliphatic rings. The topological polar surface area (TPSA) is 58.2 Å². The van der Waals surface area contributed by atoms with Crippen molar-refractivity contribution in [2.24, 2.45) is 0 Å². The van der Waals surface area contributed by atoms with Crippen LogP contribution in [0.3, 0.4) is 0 Å². The number of benzene rings is 2. The number of carbonyl (C=O) groups excluding carboxylic acids is 2. The molecule has 0 saturated heterocycles. The largest absolute Gasteiger partial charge is 0.346 e. The number of amides is 2. The molecule has 148 valence electrons. The average Bonchev–Trinajstić information content (AvgIpc) is 3.18. The van der Waals surface area contributed by atoms with Crippen LogP contribution in [-0.2, 0) is 15.0 Å². The standard InChI is InChI=1S/C20H18ClF3N2O2/c21-13-5-3-12(4-6-13)20(9-1-2-10-20)19(28)25-11-16(27)26-15-8-7-14(22)17(23)18(15)24/h3-8H,1-2,9-11H2,(H,25,28)(H,26,27). The minimum atomic E-state index is -1.67. The van der Waals surface area contributed by atoms with Crippen LogP contribution in [0.25, 0.3) is 0 Å². The predicted molar refractivity (Wildman–Crippen MR) is 99.6 cm³/mol. The second kappa shape index (κ2) is 8.22. The Bertz CT molecular complexity index is 897. The smallest absolute Gasteiger partial charge is 0.243 e. The molecule has 0 aliphatic heterocycles. The summed E-state index contributed by atoms with van der Waals surface area (Å²) in [5.74, 6) is -5.58. The first kappa shape index (κ1) is 20.2. The molecule has 1 fully saturated rings. The maximum Gasteiger partial charge on any atom is 0.243 e. The van der Waals surface area contributed by atoms with Crippen LogP contribution >= 0.6 is 11.6 Å². The molecule has 2 aromatic rings. The SMILES string of the molecule is O=C(CNC(=O)C1(c2ccc(Cl)cc2)CCCC1)Nc1ccc(F)c(F)c1F. The maximum absolute atomic E-state index is 13.7. The Kier molecular flexibility index (Phi) is 5.93. The highest BCUT2D eigenvalue weighted by atomic mass is 35.5. The molecule has 4 nitrogen and oxygen atoms in total. The number of halogens is 4. The molecule has 1 saturated carbocycles. The molecule has 0 spiro atoms. The summed E-state index contributed by atoms with van der Waals surface area (Å²) < 4.78 is 39.9. The third-order valence-corrected chi connectivity index (χ3v) is 5.26. The van der Waals surface area contributed by atoms with Crippen molar-refractivity contribution in [3.63, 3.8) is 0 Å². The van der Waals surface area contributed by atoms with E-state index in [2.05, 4.69) is 10.6 Å². The fraction of sp³-hybridized carbons (Fsp3) is 0.300. The van der Waals surface area contributed by atoms with Crippen LogP contribution in [0.5, 0.6) is 0 Å². The summed E-state index contributed by atoms with van der Waals surface area (Å²) in [5.41, 5.74) is -0.427. The molecule has 2 amide bonds. The van der Waals surface area contributed by atoms with E-state index in [1.807, 2.05) is 0 Å². The lowest BCUT2D eigenvalue weighted by atomic mass is 9.78. The molecular formula is C20H18ClF3N2O2. The Labute approximate surface area is 165 Å². The van der Waals surface area contributed by atoms with E-state index >= 15 is 0 Å². The van der Waals surface area contributed by atoms with E-state index in [4.69, 9.17) is 11.6 Å². The van der Waals surface area contributed by atoms with E-state index in [9.17, 15) is 22.8 Å². The van der Waals surface area contributed by atoms with Gasteiger partial charge in [-0.25, -0.2) is 13.2 Å². The molecule has 8 heteroatoms. The molecule has 0 aromatic heterocycles. The van der Waals surface area contributed by atoms with Gasteiger partial charge in [0.2, 0.25) is 11.8 Å². The maximum atomic E-state index is 13.7. The van der Waals surface area contributed by atoms with E-state index in [0.29, 0.717) is 23.9 Å². The van der Waals surface area contributed by atoms with Crippen LogP contribution in [-0.4, -0.2) is 18.4 Å². The molecule has 0 heterocycles. The van der Waals surface area contributed by atoms with Crippen molar-refractivity contribution in [1.29, 1.82) is 0 Å². The minimum absolute atomic E-state index is 0.312. The Morgan fingerprint density at radius 1 is 0.964 bits per heavy atom. The first-order valence-electron chi connectivity index (χ1n) is 8.81. The average molecular weight is 411 g/mol. The molecule has 0 bridgehead atoms. The molecule has 2 N–H and O–H groups in total. The van der Waals surface area contributed by atoms with E-state index in [1.54, 1.807) is 24.3 Å². The summed E-state index contributed by atoms with van der Waals surface area (Å²) in [6.45, 7) is -0.424. The van der Waals surface area contributed by atoms with Crippen molar-refractivity contribution < 1.29 is 22.8 Å². The van der Waals surface area contributed by atoms with Crippen LogP contribution < -0.4 is 10.6 Å². The van der Waals surface area contributed by atoms with Gasteiger partial charge in [-0.1, -0.05) is 36.6 Å². The molecule has 0 radical (unpaired) electrons. The van der Waals surface area contributed by atoms with Crippen LogP contribution in [0.1, 0.15) is 31.2 Å². The minimum Gasteiger partial charge on any atom is -0.346 e. The second-order valence-electron chi connectivity index (χ2n) is 6.75. The molecule has 0 unspecified atom stereocenters. The lowest BCUT2D eigenvalue weighted by Gasteiger charge is -2.28. The predicted octanol–water partition coefficient (Wildman–Crippen LogP) is 4.32. The van der Waals surface area contributed by atoms with Gasteiger partial charge in [0.05, 0.1) is 17.6 Å². The highest BCUT2D eigenvalue weighted by molar-refractivity contribution is 6.30. The number of nitrogens with one attached hydrogen (secondary N) is 2. The highest BCUT2D eigenvalue weighted by Gasteiger charge is 2.42. The lowest BCUT2D eigenvalue weighted by molar-refractivity contribution is -0.128. The second-order valence-corrected chi connectivity index (χ2v) is 7.19. The quantitative estimate of drug-likeness (QED) is 0.721. The Morgan fingerprint density at radius 2 is 1.61 bits per heavy atom. The Balaban J connectivity index is 1.67. The number of carbonyl (C=O) groups is 2. The third kappa shape index (κ3) is 3.99. The number of hydrogen-bond donors (Lipinski definition) is 2. The molecule has 1 aliphatic carbocycles. The van der Waals surface area contributed by atoms with Crippen LogP contribution in [0.4, 0.5) is 18.9 Å². The Hall–Kier alpha value is -2.54. The van der Waals surface area contributed by atoms with Gasteiger partial charge in [-0.05, 0) is 42.7 Å². The number of anilines is 1. The molecule has 28 heavy (non-hydrogen) atoms. The fourth-order valence-corrected chi connectivity index (χ4v) is 3.67. The van der Waals surface area contributed by atoms with Gasteiger partial charge in [0, 0.05) is 5.02 Å². The number of rotatable bonds is 5. The molecular weight excluding hydrogens is 393 g/mol. The van der Waals surface area contributed by atoms with E-state index in [0.717, 1.165) is 24.5 Å². The summed E-state index contributed by atoms with van der Waals surface area (Å²) >= 11 is 5.92. The van der Waals surface area contributed by atoms with Crippen LogP contribution in [0, 0.1) is 17.5 Å². The fourth-order valence-electron chi connectivity index (χ4n) is 3.54. The Morgan fingerprint density at radius 3 is 2.25 bits per heavy atom. The van der Waals surface area contributed by atoms with Gasteiger partial charge in [0.25, 0.3) is 0 Å². The summed E-state index contributed by atoms with van der Waals surface area (Å²) in [6, 6.07) is 8.64. The van der Waals surface area contributed by atoms with Crippen molar-refractivity contribution in [3.05, 3.63) is 64.4 Å². The summed E-state index contributed by atoms with van der Waals surface area (Å²) in [6.07, 6.45) is 3.03. The first-order valence-corrected chi connectivity index (χ1v) is 9.19. The van der Waals surface area contributed by atoms with Gasteiger partial charge in [-0.15, -0.1) is 0 Å². The van der Waals surface area contributed by atoms with Crippen molar-refractivity contribution in [2.75, 3.05) is 11.9 Å². The normalized spacial score (nSPS) is 15.3. The van der Waals surface area contributed by atoms with Crippen molar-refractivity contribution >= 4 is 29.1 Å². The zero-order valence-electron chi connectivity index (χ0n) is 14.8. The molecule has 3 rings (SSSR count). The van der Waals surface area contributed by atoms with Gasteiger partial charge < -0.3 is 10.6 Å². The van der Waals surface area contributed by atoms with Gasteiger partial charge in [-0.3, -0.25) is 9.59 Å². The zero-order chi connectivity index (χ0) is 20.3. The van der Waals surface area contributed by atoms with E-state index < -0.39 is 41.0 Å². The van der Waals surface area contributed by atoms with Gasteiger partial charge in [0.15, 0.2) is 17.5 Å². The monoisotopic (exact) mass is 410 g/mol. The van der Waals surface area contributed by atoms with Gasteiger partial charge >= 0.3 is 0 Å². The van der Waals surface area contributed by atoms with Crippen LogP contribution in [0.15, 0.2) is 36.4 Å².